The number of carbonyl (C=O) groups excluding carboxylic acids is 1. The normalized spacial score (nSPS) is 10.2. The Morgan fingerprint density at radius 1 is 1.50 bits per heavy atom. The molecule has 1 aromatic carbocycles. The Morgan fingerprint density at radius 3 is 2.95 bits per heavy atom. The Kier molecular flexibility index (Phi) is 4.31. The molecule has 0 aliphatic rings. The Bertz CT molecular complexity index is 628. The molecule has 0 aliphatic heterocycles. The van der Waals surface area contributed by atoms with Gasteiger partial charge in [0.05, 0.1) is 11.3 Å². The fourth-order valence-electron chi connectivity index (χ4n) is 1.61. The van der Waals surface area contributed by atoms with Gasteiger partial charge in [0.1, 0.15) is 5.02 Å². The second kappa shape index (κ2) is 6.16. The summed E-state index contributed by atoms with van der Waals surface area (Å²) in [6, 6.07) is 3.95. The van der Waals surface area contributed by atoms with E-state index in [-0.39, 0.29) is 22.2 Å². The molecule has 0 radical (unpaired) electrons. The summed E-state index contributed by atoms with van der Waals surface area (Å²) in [6.07, 6.45) is 5.06. The van der Waals surface area contributed by atoms with Crippen LogP contribution in [0.2, 0.25) is 5.02 Å². The van der Waals surface area contributed by atoms with Crippen molar-refractivity contribution in [2.45, 2.75) is 6.54 Å². The molecule has 0 aliphatic carbocycles. The van der Waals surface area contributed by atoms with Crippen LogP contribution >= 0.6 is 11.6 Å². The van der Waals surface area contributed by atoms with Crippen LogP contribution < -0.4 is 5.32 Å². The predicted octanol–water partition coefficient (Wildman–Crippen LogP) is 1.87. The molecule has 0 bridgehead atoms. The van der Waals surface area contributed by atoms with Crippen molar-refractivity contribution in [2.75, 3.05) is 6.54 Å². The molecule has 1 amide bonds. The van der Waals surface area contributed by atoms with Crippen LogP contribution in [0.5, 0.6) is 0 Å². The third-order valence-electron chi connectivity index (χ3n) is 2.62. The van der Waals surface area contributed by atoms with E-state index in [1.54, 1.807) is 18.7 Å². The van der Waals surface area contributed by atoms with Gasteiger partial charge in [-0.15, -0.1) is 0 Å². The van der Waals surface area contributed by atoms with E-state index in [0.29, 0.717) is 13.1 Å². The summed E-state index contributed by atoms with van der Waals surface area (Å²) in [7, 11) is 0. The van der Waals surface area contributed by atoms with E-state index in [9.17, 15) is 14.9 Å². The lowest BCUT2D eigenvalue weighted by molar-refractivity contribution is -0.384. The van der Waals surface area contributed by atoms with Gasteiger partial charge in [-0.25, -0.2) is 4.98 Å². The van der Waals surface area contributed by atoms with Gasteiger partial charge in [-0.05, 0) is 12.1 Å². The first-order chi connectivity index (χ1) is 9.58. The average molecular weight is 295 g/mol. The molecule has 20 heavy (non-hydrogen) atoms. The van der Waals surface area contributed by atoms with E-state index in [1.807, 2.05) is 4.57 Å². The second-order valence-electron chi connectivity index (χ2n) is 3.98. The van der Waals surface area contributed by atoms with Crippen molar-refractivity contribution in [1.29, 1.82) is 0 Å². The first-order valence-corrected chi connectivity index (χ1v) is 6.13. The summed E-state index contributed by atoms with van der Waals surface area (Å²) in [5, 5.41) is 13.4. The van der Waals surface area contributed by atoms with Crippen molar-refractivity contribution < 1.29 is 9.72 Å². The Morgan fingerprint density at radius 2 is 2.30 bits per heavy atom. The predicted molar refractivity (Wildman–Crippen MR) is 72.7 cm³/mol. The smallest absolute Gasteiger partial charge is 0.288 e. The zero-order valence-electron chi connectivity index (χ0n) is 10.3. The maximum absolute atomic E-state index is 11.9. The number of aromatic nitrogens is 2. The van der Waals surface area contributed by atoms with Crippen LogP contribution in [-0.2, 0) is 6.54 Å². The van der Waals surface area contributed by atoms with E-state index in [2.05, 4.69) is 10.3 Å². The first kappa shape index (κ1) is 14.0. The van der Waals surface area contributed by atoms with Gasteiger partial charge in [-0.3, -0.25) is 14.9 Å². The zero-order valence-corrected chi connectivity index (χ0v) is 11.1. The van der Waals surface area contributed by atoms with Crippen molar-refractivity contribution in [3.8, 4) is 0 Å². The third kappa shape index (κ3) is 3.33. The molecule has 2 aromatic rings. The minimum absolute atomic E-state index is 0.00460. The number of carbonyl (C=O) groups is 1. The van der Waals surface area contributed by atoms with Crippen LogP contribution in [0, 0.1) is 10.1 Å². The quantitative estimate of drug-likeness (QED) is 0.673. The molecular weight excluding hydrogens is 284 g/mol. The molecule has 1 N–H and O–H groups in total. The average Bonchev–Trinajstić information content (AvgIpc) is 2.92. The minimum Gasteiger partial charge on any atom is -0.350 e. The molecular formula is C12H11ClN4O3. The lowest BCUT2D eigenvalue weighted by atomic mass is 10.2. The number of nitro benzene ring substituents is 1. The molecule has 0 saturated heterocycles. The summed E-state index contributed by atoms with van der Waals surface area (Å²) in [6.45, 7) is 0.965. The number of hydrogen-bond donors (Lipinski definition) is 1. The van der Waals surface area contributed by atoms with E-state index in [0.717, 1.165) is 6.07 Å². The number of hydrogen-bond acceptors (Lipinski definition) is 4. The van der Waals surface area contributed by atoms with Crippen molar-refractivity contribution >= 4 is 23.2 Å². The van der Waals surface area contributed by atoms with Crippen molar-refractivity contribution in [1.82, 2.24) is 14.9 Å². The van der Waals surface area contributed by atoms with Crippen molar-refractivity contribution in [3.05, 3.63) is 57.6 Å². The van der Waals surface area contributed by atoms with Crippen molar-refractivity contribution in [2.24, 2.45) is 0 Å². The van der Waals surface area contributed by atoms with Gasteiger partial charge >= 0.3 is 0 Å². The molecule has 104 valence electrons. The summed E-state index contributed by atoms with van der Waals surface area (Å²) in [5.41, 5.74) is -0.0827. The Balaban J connectivity index is 1.98. The fourth-order valence-corrected chi connectivity index (χ4v) is 1.80. The lowest BCUT2D eigenvalue weighted by Gasteiger charge is -2.06. The highest BCUT2D eigenvalue weighted by Crippen LogP contribution is 2.24. The number of nitrogens with one attached hydrogen (secondary N) is 1. The van der Waals surface area contributed by atoms with Gasteiger partial charge in [0.2, 0.25) is 0 Å². The summed E-state index contributed by atoms with van der Waals surface area (Å²) >= 11 is 5.68. The first-order valence-electron chi connectivity index (χ1n) is 5.76. The number of benzene rings is 1. The van der Waals surface area contributed by atoms with Crippen LogP contribution in [0.25, 0.3) is 0 Å². The second-order valence-corrected chi connectivity index (χ2v) is 4.39. The topological polar surface area (TPSA) is 90.1 Å². The summed E-state index contributed by atoms with van der Waals surface area (Å²) in [5.74, 6) is -0.384. The maximum Gasteiger partial charge on any atom is 0.288 e. The summed E-state index contributed by atoms with van der Waals surface area (Å²) < 4.78 is 1.81. The van der Waals surface area contributed by atoms with Crippen LogP contribution in [0.4, 0.5) is 5.69 Å². The highest BCUT2D eigenvalue weighted by Gasteiger charge is 2.15. The largest absolute Gasteiger partial charge is 0.350 e. The van der Waals surface area contributed by atoms with Crippen LogP contribution in [0.15, 0.2) is 36.9 Å². The molecule has 0 atom stereocenters. The minimum atomic E-state index is -0.620. The Labute approximate surface area is 119 Å². The number of nitrogens with zero attached hydrogens (tertiary/aromatic N) is 3. The van der Waals surface area contributed by atoms with E-state index < -0.39 is 4.92 Å². The SMILES string of the molecule is O=C(NCCn1ccnc1)c1ccc(Cl)c([N+](=O)[O-])c1. The number of imidazole rings is 1. The van der Waals surface area contributed by atoms with Gasteiger partial charge in [0.25, 0.3) is 11.6 Å². The number of rotatable bonds is 5. The molecule has 1 aromatic heterocycles. The molecule has 0 unspecified atom stereocenters. The number of halogens is 1. The van der Waals surface area contributed by atoms with Crippen LogP contribution in [0.1, 0.15) is 10.4 Å². The van der Waals surface area contributed by atoms with Gasteiger partial charge < -0.3 is 9.88 Å². The van der Waals surface area contributed by atoms with E-state index in [4.69, 9.17) is 11.6 Å². The molecule has 0 saturated carbocycles. The standard InChI is InChI=1S/C12H11ClN4O3/c13-10-2-1-9(7-11(10)17(19)20)12(18)15-4-6-16-5-3-14-8-16/h1-3,5,7-8H,4,6H2,(H,15,18). The number of nitro groups is 1. The number of amides is 1. The van der Waals surface area contributed by atoms with Crippen LogP contribution in [0.3, 0.4) is 0 Å². The van der Waals surface area contributed by atoms with Gasteiger partial charge in [-0.2, -0.15) is 0 Å². The Hall–Kier alpha value is -2.41. The maximum atomic E-state index is 11.9. The van der Waals surface area contributed by atoms with Crippen molar-refractivity contribution in [3.63, 3.8) is 0 Å². The molecule has 7 nitrogen and oxygen atoms in total. The lowest BCUT2D eigenvalue weighted by Crippen LogP contribution is -2.27. The molecule has 0 fully saturated rings. The molecule has 0 spiro atoms. The zero-order chi connectivity index (χ0) is 14.5. The molecule has 1 heterocycles. The summed E-state index contributed by atoms with van der Waals surface area (Å²) in [4.78, 5) is 25.9. The van der Waals surface area contributed by atoms with Gasteiger partial charge in [0, 0.05) is 37.1 Å². The monoisotopic (exact) mass is 294 g/mol. The third-order valence-corrected chi connectivity index (χ3v) is 2.94. The fraction of sp³-hybridized carbons (Fsp3) is 0.167. The van der Waals surface area contributed by atoms with Gasteiger partial charge in [-0.1, -0.05) is 11.6 Å². The highest BCUT2D eigenvalue weighted by atomic mass is 35.5. The van der Waals surface area contributed by atoms with E-state index in [1.165, 1.54) is 12.1 Å². The highest BCUT2D eigenvalue weighted by molar-refractivity contribution is 6.32. The van der Waals surface area contributed by atoms with Crippen LogP contribution in [-0.4, -0.2) is 26.9 Å². The molecule has 8 heteroatoms. The van der Waals surface area contributed by atoms with E-state index >= 15 is 0 Å². The molecule has 2 rings (SSSR count). The van der Waals surface area contributed by atoms with Gasteiger partial charge in [0.15, 0.2) is 0 Å².